The average Bonchev–Trinajstić information content (AvgIpc) is 3.17. The van der Waals surface area contributed by atoms with Gasteiger partial charge in [-0.05, 0) is 36.3 Å². The molecule has 0 radical (unpaired) electrons. The molecule has 1 aliphatic carbocycles. The lowest BCUT2D eigenvalue weighted by molar-refractivity contribution is 0.430. The Hall–Kier alpha value is -2.63. The van der Waals surface area contributed by atoms with Gasteiger partial charge in [0.05, 0.1) is 11.0 Å². The lowest BCUT2D eigenvalue weighted by Gasteiger charge is -2.21. The van der Waals surface area contributed by atoms with Crippen molar-refractivity contribution in [2.45, 2.75) is 51.0 Å². The van der Waals surface area contributed by atoms with Crippen LogP contribution in [0, 0.1) is 0 Å². The number of hydrogen-bond acceptors (Lipinski definition) is 5. The predicted molar refractivity (Wildman–Crippen MR) is 104 cm³/mol. The zero-order valence-electron chi connectivity index (χ0n) is 15.1. The molecular formula is C20H25N5O. The van der Waals surface area contributed by atoms with E-state index in [1.54, 1.807) is 10.9 Å². The molecule has 0 spiro atoms. The van der Waals surface area contributed by atoms with Crippen LogP contribution in [0.5, 0.6) is 5.88 Å². The minimum atomic E-state index is 0.173. The lowest BCUT2D eigenvalue weighted by Crippen LogP contribution is -2.22. The minimum Gasteiger partial charge on any atom is -0.493 e. The maximum atomic E-state index is 10.5. The van der Waals surface area contributed by atoms with Crippen molar-refractivity contribution in [3.8, 4) is 5.88 Å². The third-order valence-corrected chi connectivity index (χ3v) is 5.23. The fourth-order valence-corrected chi connectivity index (χ4v) is 3.67. The standard InChI is InChI=1S/C20H25N5O/c1-25-19(26)18(12-14-9-10-16-17(11-14)22-13-21-16)24-20(25)23-15-7-5-3-2-4-6-8-15/h9-13,15,26H,2-8H2,1H3,(H,23,24). The molecule has 2 heterocycles. The van der Waals surface area contributed by atoms with Crippen LogP contribution in [-0.4, -0.2) is 27.0 Å². The van der Waals surface area contributed by atoms with Gasteiger partial charge < -0.3 is 10.4 Å². The quantitative estimate of drug-likeness (QED) is 0.893. The summed E-state index contributed by atoms with van der Waals surface area (Å²) in [5.41, 5.74) is 1.42. The highest BCUT2D eigenvalue weighted by molar-refractivity contribution is 5.67. The molecule has 1 aromatic carbocycles. The maximum absolute atomic E-state index is 10.5. The first kappa shape index (κ1) is 16.8. The van der Waals surface area contributed by atoms with Gasteiger partial charge in [-0.3, -0.25) is 4.57 Å². The first-order chi connectivity index (χ1) is 12.7. The number of hydrogen-bond donors (Lipinski definition) is 2. The summed E-state index contributed by atoms with van der Waals surface area (Å²) in [5, 5.41) is 15.8. The number of aromatic nitrogens is 2. The number of aliphatic imine (C=N–C) groups is 1. The number of rotatable bonds is 3. The van der Waals surface area contributed by atoms with Gasteiger partial charge in [-0.1, -0.05) is 38.2 Å². The van der Waals surface area contributed by atoms with Gasteiger partial charge in [0.25, 0.3) is 0 Å². The number of anilines is 1. The normalized spacial score (nSPS) is 18.3. The molecule has 1 aliphatic heterocycles. The number of fused-ring (bicyclic) bond motifs is 1. The molecule has 0 bridgehead atoms. The van der Waals surface area contributed by atoms with Gasteiger partial charge in [0.1, 0.15) is 12.0 Å². The van der Waals surface area contributed by atoms with E-state index < -0.39 is 0 Å². The molecule has 4 rings (SSSR count). The molecule has 1 aromatic heterocycles. The fraction of sp³-hybridized carbons (Fsp3) is 0.450. The van der Waals surface area contributed by atoms with Crippen LogP contribution in [0.3, 0.4) is 0 Å². The number of benzene rings is 1. The van der Waals surface area contributed by atoms with E-state index in [0.717, 1.165) is 22.2 Å². The lowest BCUT2D eigenvalue weighted by atomic mass is 9.97. The molecule has 1 fully saturated rings. The van der Waals surface area contributed by atoms with Crippen molar-refractivity contribution in [1.82, 2.24) is 9.55 Å². The van der Waals surface area contributed by atoms with E-state index in [2.05, 4.69) is 20.3 Å². The van der Waals surface area contributed by atoms with Crippen LogP contribution in [0.2, 0.25) is 0 Å². The first-order valence-corrected chi connectivity index (χ1v) is 9.45. The molecule has 6 heteroatoms. The summed E-state index contributed by atoms with van der Waals surface area (Å²) in [6.45, 7) is 0. The van der Waals surface area contributed by atoms with E-state index >= 15 is 0 Å². The summed E-state index contributed by atoms with van der Waals surface area (Å²) >= 11 is 0. The molecule has 2 N–H and O–H groups in total. The van der Waals surface area contributed by atoms with Crippen molar-refractivity contribution in [3.63, 3.8) is 0 Å². The van der Waals surface area contributed by atoms with Crippen molar-refractivity contribution in [3.05, 3.63) is 34.5 Å². The van der Waals surface area contributed by atoms with Crippen molar-refractivity contribution < 1.29 is 5.11 Å². The largest absolute Gasteiger partial charge is 0.493 e. The second-order valence-electron chi connectivity index (χ2n) is 7.16. The first-order valence-electron chi connectivity index (χ1n) is 9.45. The highest BCUT2D eigenvalue weighted by Gasteiger charge is 2.17. The average molecular weight is 351 g/mol. The maximum Gasteiger partial charge on any atom is 0.220 e. The Balaban J connectivity index is 1.58. The van der Waals surface area contributed by atoms with Gasteiger partial charge in [-0.15, -0.1) is 0 Å². The van der Waals surface area contributed by atoms with E-state index in [9.17, 15) is 5.11 Å². The summed E-state index contributed by atoms with van der Waals surface area (Å²) in [4.78, 5) is 13.0. The molecule has 6 nitrogen and oxygen atoms in total. The van der Waals surface area contributed by atoms with Crippen LogP contribution in [0.25, 0.3) is 6.08 Å². The van der Waals surface area contributed by atoms with Crippen molar-refractivity contribution in [2.24, 2.45) is 17.0 Å². The topological polar surface area (TPSA) is 74.8 Å². The Labute approximate surface area is 153 Å². The smallest absolute Gasteiger partial charge is 0.220 e. The highest BCUT2D eigenvalue weighted by Crippen LogP contribution is 2.25. The van der Waals surface area contributed by atoms with Crippen LogP contribution >= 0.6 is 0 Å². The van der Waals surface area contributed by atoms with E-state index in [-0.39, 0.29) is 5.88 Å². The van der Waals surface area contributed by atoms with Crippen LogP contribution in [0.4, 0.5) is 11.6 Å². The molecule has 136 valence electrons. The molecule has 0 atom stereocenters. The Morgan fingerprint density at radius 1 is 1.15 bits per heavy atom. The zero-order chi connectivity index (χ0) is 17.9. The molecular weight excluding hydrogens is 326 g/mol. The minimum absolute atomic E-state index is 0.173. The number of nitrogens with one attached hydrogen (secondary N) is 1. The third-order valence-electron chi connectivity index (χ3n) is 5.23. The van der Waals surface area contributed by atoms with Gasteiger partial charge in [0, 0.05) is 13.1 Å². The van der Waals surface area contributed by atoms with Crippen LogP contribution in [0.1, 0.15) is 50.6 Å². The van der Waals surface area contributed by atoms with Crippen LogP contribution < -0.4 is 15.9 Å². The summed E-state index contributed by atoms with van der Waals surface area (Å²) in [7, 11) is 1.84. The second-order valence-corrected chi connectivity index (χ2v) is 7.16. The van der Waals surface area contributed by atoms with Crippen LogP contribution in [-0.2, 0) is 7.05 Å². The SMILES string of the molecule is Cn1c(NC2CCCCCCC2)nc(C=c2ccc3c(c2)N=CN=3)c1O. The molecule has 0 unspecified atom stereocenters. The molecule has 0 saturated heterocycles. The summed E-state index contributed by atoms with van der Waals surface area (Å²) in [6, 6.07) is 6.28. The summed E-state index contributed by atoms with van der Waals surface area (Å²) < 4.78 is 1.73. The summed E-state index contributed by atoms with van der Waals surface area (Å²) in [5.74, 6) is 0.903. The van der Waals surface area contributed by atoms with E-state index in [4.69, 9.17) is 0 Å². The predicted octanol–water partition coefficient (Wildman–Crippen LogP) is 2.77. The van der Waals surface area contributed by atoms with Gasteiger partial charge >= 0.3 is 0 Å². The monoisotopic (exact) mass is 351 g/mol. The fourth-order valence-electron chi connectivity index (χ4n) is 3.67. The van der Waals surface area contributed by atoms with E-state index in [1.165, 1.54) is 44.9 Å². The Morgan fingerprint density at radius 2 is 1.92 bits per heavy atom. The Kier molecular flexibility index (Phi) is 4.73. The molecule has 2 aliphatic rings. The van der Waals surface area contributed by atoms with E-state index in [0.29, 0.717) is 11.7 Å². The molecule has 2 aromatic rings. The summed E-state index contributed by atoms with van der Waals surface area (Å²) in [6.07, 6.45) is 12.3. The van der Waals surface area contributed by atoms with Crippen molar-refractivity contribution in [1.29, 1.82) is 0 Å². The van der Waals surface area contributed by atoms with Crippen LogP contribution in [0.15, 0.2) is 28.2 Å². The Morgan fingerprint density at radius 3 is 2.73 bits per heavy atom. The van der Waals surface area contributed by atoms with Crippen molar-refractivity contribution >= 4 is 24.1 Å². The van der Waals surface area contributed by atoms with E-state index in [1.807, 2.05) is 31.3 Å². The Bertz CT molecular complexity index is 936. The number of imidazole rings is 1. The molecule has 1 saturated carbocycles. The highest BCUT2D eigenvalue weighted by atomic mass is 16.3. The third kappa shape index (κ3) is 3.49. The number of aromatic hydroxyl groups is 1. The number of nitrogens with zero attached hydrogens (tertiary/aromatic N) is 4. The van der Waals surface area contributed by atoms with Gasteiger partial charge in [-0.25, -0.2) is 15.0 Å². The molecule has 0 amide bonds. The van der Waals surface area contributed by atoms with Crippen molar-refractivity contribution in [2.75, 3.05) is 5.32 Å². The van der Waals surface area contributed by atoms with Gasteiger partial charge in [0.2, 0.25) is 11.8 Å². The zero-order valence-corrected chi connectivity index (χ0v) is 15.1. The molecule has 26 heavy (non-hydrogen) atoms. The second kappa shape index (κ2) is 7.32. The van der Waals surface area contributed by atoms with Gasteiger partial charge in [0.15, 0.2) is 0 Å². The van der Waals surface area contributed by atoms with Gasteiger partial charge in [-0.2, -0.15) is 0 Å².